The first-order valence-electron chi connectivity index (χ1n) is 5.52. The number of anilines is 1. The standard InChI is InChI=1S/C13H12Cl2N2S/c1-2-16-12-4-3-5-13(17-12)18-11-7-9(14)6-10(15)8-11/h3-8H,2H2,1H3,(H,16,17). The Labute approximate surface area is 121 Å². The van der Waals surface area contributed by atoms with Crippen LogP contribution >= 0.6 is 35.0 Å². The highest BCUT2D eigenvalue weighted by atomic mass is 35.5. The second kappa shape index (κ2) is 6.32. The van der Waals surface area contributed by atoms with Gasteiger partial charge in [0.2, 0.25) is 0 Å². The Morgan fingerprint density at radius 3 is 2.56 bits per heavy atom. The zero-order valence-corrected chi connectivity index (χ0v) is 12.1. The smallest absolute Gasteiger partial charge is 0.127 e. The van der Waals surface area contributed by atoms with E-state index in [1.165, 1.54) is 11.8 Å². The summed E-state index contributed by atoms with van der Waals surface area (Å²) in [7, 11) is 0. The van der Waals surface area contributed by atoms with E-state index in [1.54, 1.807) is 6.07 Å². The van der Waals surface area contributed by atoms with E-state index in [-0.39, 0.29) is 0 Å². The van der Waals surface area contributed by atoms with Gasteiger partial charge in [-0.1, -0.05) is 41.0 Å². The predicted octanol–water partition coefficient (Wildman–Crippen LogP) is 4.97. The van der Waals surface area contributed by atoms with Crippen molar-refractivity contribution >= 4 is 40.8 Å². The summed E-state index contributed by atoms with van der Waals surface area (Å²) < 4.78 is 0. The quantitative estimate of drug-likeness (QED) is 0.862. The largest absolute Gasteiger partial charge is 0.370 e. The van der Waals surface area contributed by atoms with E-state index in [2.05, 4.69) is 10.3 Å². The third-order valence-corrected chi connectivity index (χ3v) is 3.48. The van der Waals surface area contributed by atoms with Crippen LogP contribution in [0.4, 0.5) is 5.82 Å². The van der Waals surface area contributed by atoms with Crippen molar-refractivity contribution in [3.05, 3.63) is 46.4 Å². The molecule has 1 aromatic heterocycles. The molecule has 0 aliphatic heterocycles. The van der Waals surface area contributed by atoms with Crippen molar-refractivity contribution in [2.24, 2.45) is 0 Å². The van der Waals surface area contributed by atoms with Crippen molar-refractivity contribution in [1.82, 2.24) is 4.98 Å². The number of nitrogens with zero attached hydrogens (tertiary/aromatic N) is 1. The molecule has 0 aliphatic carbocycles. The summed E-state index contributed by atoms with van der Waals surface area (Å²) in [5.74, 6) is 0.871. The van der Waals surface area contributed by atoms with Gasteiger partial charge in [-0.15, -0.1) is 0 Å². The Morgan fingerprint density at radius 1 is 1.17 bits per heavy atom. The normalized spacial score (nSPS) is 10.4. The maximum absolute atomic E-state index is 5.97. The van der Waals surface area contributed by atoms with Crippen molar-refractivity contribution in [3.8, 4) is 0 Å². The van der Waals surface area contributed by atoms with Crippen molar-refractivity contribution in [3.63, 3.8) is 0 Å². The maximum Gasteiger partial charge on any atom is 0.127 e. The molecule has 0 spiro atoms. The summed E-state index contributed by atoms with van der Waals surface area (Å²) in [5.41, 5.74) is 0. The Kier molecular flexibility index (Phi) is 4.75. The van der Waals surface area contributed by atoms with E-state index >= 15 is 0 Å². The van der Waals surface area contributed by atoms with Crippen molar-refractivity contribution < 1.29 is 0 Å². The first-order chi connectivity index (χ1) is 8.67. The lowest BCUT2D eigenvalue weighted by Crippen LogP contribution is -1.98. The molecule has 1 aromatic carbocycles. The zero-order chi connectivity index (χ0) is 13.0. The number of pyridine rings is 1. The van der Waals surface area contributed by atoms with Crippen LogP contribution in [0.25, 0.3) is 0 Å². The zero-order valence-electron chi connectivity index (χ0n) is 9.78. The predicted molar refractivity (Wildman–Crippen MR) is 79.0 cm³/mol. The molecule has 0 bridgehead atoms. The minimum atomic E-state index is 0.632. The van der Waals surface area contributed by atoms with Crippen LogP contribution in [-0.2, 0) is 0 Å². The number of hydrogen-bond donors (Lipinski definition) is 1. The molecule has 2 rings (SSSR count). The van der Waals surface area contributed by atoms with Gasteiger partial charge in [-0.05, 0) is 37.3 Å². The molecule has 2 nitrogen and oxygen atoms in total. The molecule has 18 heavy (non-hydrogen) atoms. The Bertz CT molecular complexity index is 526. The summed E-state index contributed by atoms with van der Waals surface area (Å²) in [6.45, 7) is 2.89. The highest BCUT2D eigenvalue weighted by Crippen LogP contribution is 2.31. The first kappa shape index (κ1) is 13.5. The monoisotopic (exact) mass is 298 g/mol. The average molecular weight is 299 g/mol. The van der Waals surface area contributed by atoms with E-state index in [0.29, 0.717) is 10.0 Å². The second-order valence-electron chi connectivity index (χ2n) is 3.60. The van der Waals surface area contributed by atoms with Crippen LogP contribution < -0.4 is 5.32 Å². The maximum atomic E-state index is 5.97. The molecule has 0 unspecified atom stereocenters. The highest BCUT2D eigenvalue weighted by Gasteiger charge is 2.03. The van der Waals surface area contributed by atoms with Gasteiger partial charge in [-0.2, -0.15) is 0 Å². The lowest BCUT2D eigenvalue weighted by molar-refractivity contribution is 1.08. The van der Waals surface area contributed by atoms with Crippen LogP contribution in [0.3, 0.4) is 0 Å². The van der Waals surface area contributed by atoms with Gasteiger partial charge >= 0.3 is 0 Å². The second-order valence-corrected chi connectivity index (χ2v) is 5.57. The van der Waals surface area contributed by atoms with Gasteiger partial charge in [0, 0.05) is 21.5 Å². The van der Waals surface area contributed by atoms with Crippen LogP contribution in [-0.4, -0.2) is 11.5 Å². The van der Waals surface area contributed by atoms with Crippen molar-refractivity contribution in [2.75, 3.05) is 11.9 Å². The number of aromatic nitrogens is 1. The summed E-state index contributed by atoms with van der Waals surface area (Å²) in [4.78, 5) is 5.46. The number of hydrogen-bond acceptors (Lipinski definition) is 3. The fourth-order valence-electron chi connectivity index (χ4n) is 1.46. The Morgan fingerprint density at radius 2 is 1.89 bits per heavy atom. The Balaban J connectivity index is 2.20. The summed E-state index contributed by atoms with van der Waals surface area (Å²) in [5, 5.41) is 5.35. The molecule has 2 aromatic rings. The topological polar surface area (TPSA) is 24.9 Å². The minimum absolute atomic E-state index is 0.632. The van der Waals surface area contributed by atoms with E-state index in [1.807, 2.05) is 37.3 Å². The molecule has 0 atom stereocenters. The van der Waals surface area contributed by atoms with Gasteiger partial charge in [0.25, 0.3) is 0 Å². The number of nitrogens with one attached hydrogen (secondary N) is 1. The van der Waals surface area contributed by atoms with Crippen molar-refractivity contribution in [2.45, 2.75) is 16.8 Å². The van der Waals surface area contributed by atoms with E-state index in [9.17, 15) is 0 Å². The van der Waals surface area contributed by atoms with Gasteiger partial charge in [0.1, 0.15) is 10.8 Å². The first-order valence-corrected chi connectivity index (χ1v) is 7.09. The van der Waals surface area contributed by atoms with Crippen LogP contribution in [0.1, 0.15) is 6.92 Å². The fourth-order valence-corrected chi connectivity index (χ4v) is 3.02. The molecule has 1 N–H and O–H groups in total. The molecule has 1 heterocycles. The SMILES string of the molecule is CCNc1cccc(Sc2cc(Cl)cc(Cl)c2)n1. The van der Waals surface area contributed by atoms with Gasteiger partial charge in [0.05, 0.1) is 0 Å². The van der Waals surface area contributed by atoms with Gasteiger partial charge in [-0.3, -0.25) is 0 Å². The highest BCUT2D eigenvalue weighted by molar-refractivity contribution is 7.99. The Hall–Kier alpha value is -0.900. The molecule has 5 heteroatoms. The molecule has 0 saturated heterocycles. The summed E-state index contributed by atoms with van der Waals surface area (Å²) in [6, 6.07) is 11.3. The molecule has 0 saturated carbocycles. The molecule has 0 amide bonds. The lowest BCUT2D eigenvalue weighted by Gasteiger charge is -2.06. The van der Waals surface area contributed by atoms with Crippen LogP contribution in [0.5, 0.6) is 0 Å². The van der Waals surface area contributed by atoms with E-state index < -0.39 is 0 Å². The van der Waals surface area contributed by atoms with Crippen LogP contribution in [0.15, 0.2) is 46.3 Å². The molecule has 94 valence electrons. The number of rotatable bonds is 4. The fraction of sp³-hybridized carbons (Fsp3) is 0.154. The molecule has 0 fully saturated rings. The third kappa shape index (κ3) is 3.80. The summed E-state index contributed by atoms with van der Waals surface area (Å²) in [6.07, 6.45) is 0. The van der Waals surface area contributed by atoms with Gasteiger partial charge in [-0.25, -0.2) is 4.98 Å². The molecular formula is C13H12Cl2N2S. The lowest BCUT2D eigenvalue weighted by atomic mass is 10.4. The van der Waals surface area contributed by atoms with Gasteiger partial charge in [0.15, 0.2) is 0 Å². The van der Waals surface area contributed by atoms with Crippen LogP contribution in [0, 0.1) is 0 Å². The minimum Gasteiger partial charge on any atom is -0.370 e. The number of benzene rings is 1. The average Bonchev–Trinajstić information content (AvgIpc) is 2.28. The van der Waals surface area contributed by atoms with E-state index in [4.69, 9.17) is 23.2 Å². The van der Waals surface area contributed by atoms with Crippen molar-refractivity contribution in [1.29, 1.82) is 0 Å². The molecule has 0 aliphatic rings. The molecular weight excluding hydrogens is 287 g/mol. The van der Waals surface area contributed by atoms with Crippen LogP contribution in [0.2, 0.25) is 10.0 Å². The van der Waals surface area contributed by atoms with Gasteiger partial charge < -0.3 is 5.32 Å². The third-order valence-electron chi connectivity index (χ3n) is 2.14. The number of halogens is 2. The summed E-state index contributed by atoms with van der Waals surface area (Å²) >= 11 is 13.5. The molecule has 0 radical (unpaired) electrons. The van der Waals surface area contributed by atoms with E-state index in [0.717, 1.165) is 22.3 Å².